The second-order valence-corrected chi connectivity index (χ2v) is 9.86. The molecule has 0 spiro atoms. The van der Waals surface area contributed by atoms with E-state index in [1.165, 1.54) is 25.9 Å². The third-order valence-electron chi connectivity index (χ3n) is 5.78. The Labute approximate surface area is 181 Å². The summed E-state index contributed by atoms with van der Waals surface area (Å²) < 4.78 is 38.8. The molecule has 3 aliphatic heterocycles. The molecule has 3 saturated heterocycles. The largest absolute Gasteiger partial charge is 0.469 e. The SMILES string of the molecule is COC(=O)C(C)(C)COS(=O)(=O)ON1C(=O)N2C[C@H]1CC[C@H]2C(=O)NC1CCNCC1. The molecule has 0 aromatic carbocycles. The van der Waals surface area contributed by atoms with Crippen LogP contribution in [0.2, 0.25) is 0 Å². The molecule has 31 heavy (non-hydrogen) atoms. The quantitative estimate of drug-likeness (QED) is 0.457. The van der Waals surface area contributed by atoms with E-state index in [2.05, 4.69) is 15.4 Å². The normalized spacial score (nSPS) is 24.9. The van der Waals surface area contributed by atoms with E-state index in [1.807, 2.05) is 0 Å². The van der Waals surface area contributed by atoms with Crippen LogP contribution in [0.1, 0.15) is 39.5 Å². The van der Waals surface area contributed by atoms with Gasteiger partial charge < -0.3 is 20.3 Å². The van der Waals surface area contributed by atoms with Crippen molar-refractivity contribution in [1.82, 2.24) is 20.6 Å². The van der Waals surface area contributed by atoms with Gasteiger partial charge in [0.05, 0.1) is 25.2 Å². The van der Waals surface area contributed by atoms with E-state index in [0.29, 0.717) is 12.8 Å². The number of esters is 1. The first-order valence-electron chi connectivity index (χ1n) is 10.3. The van der Waals surface area contributed by atoms with Crippen LogP contribution in [0.15, 0.2) is 0 Å². The second-order valence-electron chi connectivity index (χ2n) is 8.66. The molecule has 176 valence electrons. The van der Waals surface area contributed by atoms with Crippen molar-refractivity contribution >= 4 is 28.3 Å². The lowest BCUT2D eigenvalue weighted by molar-refractivity contribution is -0.152. The van der Waals surface area contributed by atoms with Crippen molar-refractivity contribution in [2.75, 3.05) is 33.4 Å². The lowest BCUT2D eigenvalue weighted by atomic mass is 9.95. The number of amides is 3. The van der Waals surface area contributed by atoms with Crippen LogP contribution in [0.4, 0.5) is 4.79 Å². The maximum Gasteiger partial charge on any atom is 0.421 e. The monoisotopic (exact) mass is 462 g/mol. The highest BCUT2D eigenvalue weighted by Crippen LogP contribution is 2.31. The summed E-state index contributed by atoms with van der Waals surface area (Å²) in [6.45, 7) is 4.24. The molecular formula is C18H30N4O8S. The topological polar surface area (TPSA) is 144 Å². The summed E-state index contributed by atoms with van der Waals surface area (Å²) in [4.78, 5) is 38.5. The molecule has 3 amide bonds. The Morgan fingerprint density at radius 1 is 1.19 bits per heavy atom. The number of rotatable bonds is 8. The minimum atomic E-state index is -4.61. The molecule has 12 nitrogen and oxygen atoms in total. The third kappa shape index (κ3) is 5.45. The van der Waals surface area contributed by atoms with E-state index in [4.69, 9.17) is 8.47 Å². The molecule has 3 aliphatic rings. The maximum atomic E-state index is 12.8. The van der Waals surface area contributed by atoms with Crippen LogP contribution in [0.5, 0.6) is 0 Å². The van der Waals surface area contributed by atoms with Gasteiger partial charge in [0.1, 0.15) is 6.04 Å². The zero-order valence-electron chi connectivity index (χ0n) is 18.0. The predicted molar refractivity (Wildman–Crippen MR) is 107 cm³/mol. The van der Waals surface area contributed by atoms with Gasteiger partial charge in [0.2, 0.25) is 5.91 Å². The number of methoxy groups -OCH3 is 1. The smallest absolute Gasteiger partial charge is 0.421 e. The van der Waals surface area contributed by atoms with Gasteiger partial charge >= 0.3 is 22.4 Å². The molecule has 0 aliphatic carbocycles. The lowest BCUT2D eigenvalue weighted by Gasteiger charge is -2.32. The average Bonchev–Trinajstić information content (AvgIpc) is 2.96. The van der Waals surface area contributed by atoms with E-state index in [1.54, 1.807) is 0 Å². The van der Waals surface area contributed by atoms with E-state index < -0.39 is 46.5 Å². The van der Waals surface area contributed by atoms with Gasteiger partial charge in [-0.25, -0.2) is 8.98 Å². The molecule has 0 radical (unpaired) electrons. The third-order valence-corrected chi connectivity index (χ3v) is 6.53. The first kappa shape index (κ1) is 23.7. The molecule has 3 rings (SSSR count). The summed E-state index contributed by atoms with van der Waals surface area (Å²) in [6, 6.07) is -1.83. The molecule has 0 aromatic rings. The van der Waals surface area contributed by atoms with Crippen LogP contribution in [-0.4, -0.2) is 87.8 Å². The molecule has 2 N–H and O–H groups in total. The summed E-state index contributed by atoms with van der Waals surface area (Å²) in [5.41, 5.74) is -1.22. The Kier molecular flexibility index (Phi) is 7.08. The van der Waals surface area contributed by atoms with Crippen LogP contribution in [0.25, 0.3) is 0 Å². The number of fused-ring (bicyclic) bond motifs is 2. The van der Waals surface area contributed by atoms with Gasteiger partial charge in [-0.15, -0.1) is 4.28 Å². The van der Waals surface area contributed by atoms with Crippen molar-refractivity contribution in [3.63, 3.8) is 0 Å². The zero-order valence-corrected chi connectivity index (χ0v) is 18.8. The minimum Gasteiger partial charge on any atom is -0.469 e. The van der Waals surface area contributed by atoms with Crippen LogP contribution >= 0.6 is 0 Å². The fraction of sp³-hybridized carbons (Fsp3) is 0.833. The molecular weight excluding hydrogens is 432 g/mol. The van der Waals surface area contributed by atoms with Crippen molar-refractivity contribution in [2.24, 2.45) is 5.41 Å². The molecule has 13 heteroatoms. The summed E-state index contributed by atoms with van der Waals surface area (Å²) in [7, 11) is -3.42. The minimum absolute atomic E-state index is 0.0588. The number of hydroxylamine groups is 2. The van der Waals surface area contributed by atoms with Crippen LogP contribution in [-0.2, 0) is 33.2 Å². The number of nitrogens with zero attached hydrogens (tertiary/aromatic N) is 2. The van der Waals surface area contributed by atoms with Crippen molar-refractivity contribution in [3.05, 3.63) is 0 Å². The highest BCUT2D eigenvalue weighted by molar-refractivity contribution is 7.81. The fourth-order valence-electron chi connectivity index (χ4n) is 3.94. The van der Waals surface area contributed by atoms with E-state index in [0.717, 1.165) is 31.0 Å². The van der Waals surface area contributed by atoms with Gasteiger partial charge in [-0.2, -0.15) is 13.5 Å². The molecule has 2 atom stereocenters. The Hall–Kier alpha value is -1.96. The van der Waals surface area contributed by atoms with E-state index in [-0.39, 0.29) is 18.5 Å². The number of ether oxygens (including phenoxy) is 1. The molecule has 0 unspecified atom stereocenters. The second kappa shape index (κ2) is 9.27. The van der Waals surface area contributed by atoms with Crippen LogP contribution in [0.3, 0.4) is 0 Å². The number of hydrogen-bond donors (Lipinski definition) is 2. The highest BCUT2D eigenvalue weighted by atomic mass is 32.3. The first-order valence-corrected chi connectivity index (χ1v) is 11.7. The molecule has 3 fully saturated rings. The number of hydrogen-bond acceptors (Lipinski definition) is 9. The number of carbonyl (C=O) groups excluding carboxylic acids is 3. The van der Waals surface area contributed by atoms with Crippen molar-refractivity contribution < 1.29 is 36.0 Å². The summed E-state index contributed by atoms with van der Waals surface area (Å²) >= 11 is 0. The first-order chi connectivity index (χ1) is 14.5. The van der Waals surface area contributed by atoms with Gasteiger partial charge in [0.15, 0.2) is 0 Å². The Balaban J connectivity index is 1.59. The average molecular weight is 463 g/mol. The van der Waals surface area contributed by atoms with Crippen molar-refractivity contribution in [3.8, 4) is 0 Å². The number of urea groups is 1. The molecule has 3 heterocycles. The van der Waals surface area contributed by atoms with E-state index in [9.17, 15) is 22.8 Å². The number of nitrogens with one attached hydrogen (secondary N) is 2. The van der Waals surface area contributed by atoms with E-state index >= 15 is 0 Å². The lowest BCUT2D eigenvalue weighted by Crippen LogP contribution is -2.53. The molecule has 0 saturated carbocycles. The Morgan fingerprint density at radius 2 is 1.87 bits per heavy atom. The Morgan fingerprint density at radius 3 is 2.52 bits per heavy atom. The zero-order chi connectivity index (χ0) is 22.8. The standard InChI is InChI=1S/C18H30N4O8S/c1-18(2,16(24)28-3)11-29-31(26,27)30-22-13-4-5-14(21(10-13)17(22)25)15(23)20-12-6-8-19-9-7-12/h12-14,19H,4-11H2,1-3H3,(H,20,23)/t13-,14+/m1/s1. The van der Waals surface area contributed by atoms with Crippen LogP contribution in [0, 0.1) is 5.41 Å². The van der Waals surface area contributed by atoms with Crippen molar-refractivity contribution in [2.45, 2.75) is 57.7 Å². The summed E-state index contributed by atoms with van der Waals surface area (Å²) in [5.74, 6) is -0.885. The fourth-order valence-corrected chi connectivity index (χ4v) is 4.81. The van der Waals surface area contributed by atoms with Gasteiger partial charge in [-0.05, 0) is 52.6 Å². The predicted octanol–water partition coefficient (Wildman–Crippen LogP) is -0.485. The van der Waals surface area contributed by atoms with Gasteiger partial charge in [-0.1, -0.05) is 0 Å². The van der Waals surface area contributed by atoms with Gasteiger partial charge in [0, 0.05) is 12.6 Å². The maximum absolute atomic E-state index is 12.8. The van der Waals surface area contributed by atoms with Crippen molar-refractivity contribution in [1.29, 1.82) is 0 Å². The Bertz CT molecular complexity index is 811. The summed E-state index contributed by atoms with van der Waals surface area (Å²) in [5, 5.41) is 6.96. The number of carbonyl (C=O) groups is 3. The number of piperidine rings is 2. The summed E-state index contributed by atoms with van der Waals surface area (Å²) in [6.07, 6.45) is 2.46. The van der Waals surface area contributed by atoms with Gasteiger partial charge in [0.25, 0.3) is 0 Å². The molecule has 2 bridgehead atoms. The van der Waals surface area contributed by atoms with Gasteiger partial charge in [-0.3, -0.25) is 9.59 Å². The van der Waals surface area contributed by atoms with Crippen LogP contribution < -0.4 is 10.6 Å². The highest BCUT2D eigenvalue weighted by Gasteiger charge is 2.50. The molecule has 0 aromatic heterocycles.